The molecule has 1 N–H and O–H groups in total. The molecule has 0 unspecified atom stereocenters. The number of nitrogens with one attached hydrogen (secondary N) is 1. The van der Waals surface area contributed by atoms with Crippen LogP contribution in [0.15, 0.2) is 42.5 Å². The van der Waals surface area contributed by atoms with E-state index >= 15 is 0 Å². The molecule has 0 aliphatic carbocycles. The highest BCUT2D eigenvalue weighted by atomic mass is 19.1. The first-order chi connectivity index (χ1) is 12.2. The second kappa shape index (κ2) is 6.63. The largest absolute Gasteiger partial charge is 0.454 e. The Balaban J connectivity index is 1.43. The van der Waals surface area contributed by atoms with Gasteiger partial charge in [0.05, 0.1) is 0 Å². The average Bonchev–Trinajstić information content (AvgIpc) is 3.11. The van der Waals surface area contributed by atoms with Crippen LogP contribution in [0.4, 0.5) is 10.1 Å². The third-order valence-electron chi connectivity index (χ3n) is 4.54. The molecule has 1 atom stereocenters. The van der Waals surface area contributed by atoms with Crippen molar-refractivity contribution in [1.82, 2.24) is 4.90 Å². The van der Waals surface area contributed by atoms with Gasteiger partial charge in [-0.3, -0.25) is 4.79 Å². The van der Waals surface area contributed by atoms with Gasteiger partial charge in [0.25, 0.3) is 5.91 Å². The molecular formula is C19H19FN2O3. The van der Waals surface area contributed by atoms with E-state index in [-0.39, 0.29) is 24.6 Å². The van der Waals surface area contributed by atoms with Gasteiger partial charge in [0.1, 0.15) is 5.82 Å². The molecule has 25 heavy (non-hydrogen) atoms. The van der Waals surface area contributed by atoms with E-state index in [9.17, 15) is 9.18 Å². The summed E-state index contributed by atoms with van der Waals surface area (Å²) in [5.74, 6) is 1.02. The van der Waals surface area contributed by atoms with Crippen LogP contribution in [0, 0.1) is 5.82 Å². The zero-order chi connectivity index (χ0) is 17.2. The number of hydrogen-bond donors (Lipinski definition) is 1. The fourth-order valence-electron chi connectivity index (χ4n) is 3.27. The number of likely N-dealkylation sites (tertiary alicyclic amines) is 1. The average molecular weight is 342 g/mol. The minimum Gasteiger partial charge on any atom is -0.454 e. The monoisotopic (exact) mass is 342 g/mol. The molecule has 1 fully saturated rings. The predicted molar refractivity (Wildman–Crippen MR) is 91.5 cm³/mol. The van der Waals surface area contributed by atoms with Crippen LogP contribution in [-0.2, 0) is 0 Å². The van der Waals surface area contributed by atoms with Crippen molar-refractivity contribution in [2.45, 2.75) is 18.9 Å². The lowest BCUT2D eigenvalue weighted by Gasteiger charge is -2.33. The molecule has 5 nitrogen and oxygen atoms in total. The summed E-state index contributed by atoms with van der Waals surface area (Å²) in [7, 11) is 0. The second-order valence-corrected chi connectivity index (χ2v) is 6.31. The van der Waals surface area contributed by atoms with Crippen molar-refractivity contribution in [1.29, 1.82) is 0 Å². The van der Waals surface area contributed by atoms with Crippen LogP contribution in [0.3, 0.4) is 0 Å². The third-order valence-corrected chi connectivity index (χ3v) is 4.54. The number of benzene rings is 2. The molecule has 2 aromatic rings. The molecule has 2 aliphatic rings. The number of fused-ring (bicyclic) bond motifs is 1. The van der Waals surface area contributed by atoms with E-state index in [1.54, 1.807) is 30.3 Å². The predicted octanol–water partition coefficient (Wildman–Crippen LogP) is 3.27. The smallest absolute Gasteiger partial charge is 0.254 e. The quantitative estimate of drug-likeness (QED) is 0.930. The van der Waals surface area contributed by atoms with Crippen LogP contribution >= 0.6 is 0 Å². The Kier molecular flexibility index (Phi) is 4.17. The van der Waals surface area contributed by atoms with Gasteiger partial charge in [-0.05, 0) is 55.3 Å². The van der Waals surface area contributed by atoms with Crippen LogP contribution in [0.1, 0.15) is 23.2 Å². The van der Waals surface area contributed by atoms with Crippen LogP contribution in [0.2, 0.25) is 0 Å². The second-order valence-electron chi connectivity index (χ2n) is 6.31. The minimum atomic E-state index is -0.256. The van der Waals surface area contributed by atoms with Gasteiger partial charge in [-0.15, -0.1) is 0 Å². The Bertz CT molecular complexity index is 779. The number of carbonyl (C=O) groups excluding carboxylic acids is 1. The van der Waals surface area contributed by atoms with E-state index in [0.717, 1.165) is 25.1 Å². The Morgan fingerprint density at radius 3 is 2.76 bits per heavy atom. The number of anilines is 1. The maximum absolute atomic E-state index is 13.0. The lowest BCUT2D eigenvalue weighted by Crippen LogP contribution is -2.45. The summed E-state index contributed by atoms with van der Waals surface area (Å²) in [6, 6.07) is 11.7. The van der Waals surface area contributed by atoms with Crippen molar-refractivity contribution in [3.8, 4) is 11.5 Å². The third kappa shape index (κ3) is 3.38. The van der Waals surface area contributed by atoms with Gasteiger partial charge in [0, 0.05) is 30.4 Å². The van der Waals surface area contributed by atoms with Crippen LogP contribution in [0.5, 0.6) is 11.5 Å². The molecule has 1 saturated heterocycles. The van der Waals surface area contributed by atoms with Crippen molar-refractivity contribution < 1.29 is 18.7 Å². The highest BCUT2D eigenvalue weighted by Crippen LogP contribution is 2.33. The first kappa shape index (κ1) is 15.7. The van der Waals surface area contributed by atoms with E-state index in [1.807, 2.05) is 4.90 Å². The molecular weight excluding hydrogens is 323 g/mol. The van der Waals surface area contributed by atoms with E-state index < -0.39 is 0 Å². The summed E-state index contributed by atoms with van der Waals surface area (Å²) in [6.07, 6.45) is 1.90. The van der Waals surface area contributed by atoms with Crippen molar-refractivity contribution >= 4 is 11.6 Å². The summed E-state index contributed by atoms with van der Waals surface area (Å²) in [5, 5.41) is 3.38. The van der Waals surface area contributed by atoms with Crippen molar-refractivity contribution in [3.05, 3.63) is 53.8 Å². The van der Waals surface area contributed by atoms with Crippen LogP contribution < -0.4 is 14.8 Å². The zero-order valence-electron chi connectivity index (χ0n) is 13.7. The van der Waals surface area contributed by atoms with E-state index in [4.69, 9.17) is 9.47 Å². The number of carbonyl (C=O) groups is 1. The fraction of sp³-hybridized carbons (Fsp3) is 0.316. The number of hydrogen-bond acceptors (Lipinski definition) is 4. The first-order valence-electron chi connectivity index (χ1n) is 8.40. The van der Waals surface area contributed by atoms with Gasteiger partial charge >= 0.3 is 0 Å². The van der Waals surface area contributed by atoms with Gasteiger partial charge in [0.2, 0.25) is 6.79 Å². The molecule has 2 heterocycles. The summed E-state index contributed by atoms with van der Waals surface area (Å²) in [6.45, 7) is 1.54. The van der Waals surface area contributed by atoms with Gasteiger partial charge in [-0.1, -0.05) is 0 Å². The molecule has 2 aliphatic heterocycles. The summed E-state index contributed by atoms with van der Waals surface area (Å²) in [4.78, 5) is 14.6. The molecule has 1 amide bonds. The summed E-state index contributed by atoms with van der Waals surface area (Å²) < 4.78 is 23.7. The number of piperidine rings is 1. The van der Waals surface area contributed by atoms with Crippen molar-refractivity contribution in [2.75, 3.05) is 25.2 Å². The zero-order valence-corrected chi connectivity index (χ0v) is 13.7. The first-order valence-corrected chi connectivity index (χ1v) is 8.40. The maximum Gasteiger partial charge on any atom is 0.254 e. The number of rotatable bonds is 3. The molecule has 0 bridgehead atoms. The number of ether oxygens (including phenoxy) is 2. The molecule has 4 rings (SSSR count). The fourth-order valence-corrected chi connectivity index (χ4v) is 3.27. The van der Waals surface area contributed by atoms with Gasteiger partial charge in [-0.25, -0.2) is 4.39 Å². The van der Waals surface area contributed by atoms with E-state index in [1.165, 1.54) is 12.1 Å². The Hall–Kier alpha value is -2.76. The molecule has 0 spiro atoms. The van der Waals surface area contributed by atoms with Crippen molar-refractivity contribution in [2.24, 2.45) is 0 Å². The number of amides is 1. The van der Waals surface area contributed by atoms with Gasteiger partial charge in [0.15, 0.2) is 11.5 Å². The topological polar surface area (TPSA) is 50.8 Å². The normalized spacial score (nSPS) is 18.9. The Morgan fingerprint density at radius 1 is 1.12 bits per heavy atom. The van der Waals surface area contributed by atoms with Gasteiger partial charge < -0.3 is 19.7 Å². The number of halogens is 1. The van der Waals surface area contributed by atoms with Gasteiger partial charge in [-0.2, -0.15) is 0 Å². The molecule has 130 valence electrons. The number of nitrogens with zero attached hydrogens (tertiary/aromatic N) is 1. The molecule has 0 saturated carbocycles. The highest BCUT2D eigenvalue weighted by molar-refractivity contribution is 5.95. The summed E-state index contributed by atoms with van der Waals surface area (Å²) >= 11 is 0. The Morgan fingerprint density at radius 2 is 1.92 bits per heavy atom. The Labute approximate surface area is 145 Å². The molecule has 0 aromatic heterocycles. The van der Waals surface area contributed by atoms with Crippen LogP contribution in [-0.4, -0.2) is 36.7 Å². The SMILES string of the molecule is O=C(c1ccc2c(c1)OCO2)N1CCC[C@H](Nc2ccc(F)cc2)C1. The van der Waals surface area contributed by atoms with Crippen LogP contribution in [0.25, 0.3) is 0 Å². The van der Waals surface area contributed by atoms with E-state index in [0.29, 0.717) is 23.6 Å². The molecule has 6 heteroatoms. The lowest BCUT2D eigenvalue weighted by molar-refractivity contribution is 0.0714. The minimum absolute atomic E-state index is 0.0103. The highest BCUT2D eigenvalue weighted by Gasteiger charge is 2.26. The van der Waals surface area contributed by atoms with Crippen molar-refractivity contribution in [3.63, 3.8) is 0 Å². The maximum atomic E-state index is 13.0. The summed E-state index contributed by atoms with van der Waals surface area (Å²) in [5.41, 5.74) is 1.47. The lowest BCUT2D eigenvalue weighted by atomic mass is 10.0. The molecule has 2 aromatic carbocycles. The van der Waals surface area contributed by atoms with E-state index in [2.05, 4.69) is 5.32 Å². The standard InChI is InChI=1S/C19H19FN2O3/c20-14-4-6-15(7-5-14)21-16-2-1-9-22(11-16)19(23)13-3-8-17-18(10-13)25-12-24-17/h3-8,10,16,21H,1-2,9,11-12H2/t16-/m0/s1. The molecule has 0 radical (unpaired) electrons.